The Morgan fingerprint density at radius 2 is 2.00 bits per heavy atom. The zero-order chi connectivity index (χ0) is 24.4. The monoisotopic (exact) mass is 500 g/mol. The zero-order valence-corrected chi connectivity index (χ0v) is 20.1. The van der Waals surface area contributed by atoms with Crippen LogP contribution in [0.2, 0.25) is 0 Å². The third-order valence-electron chi connectivity index (χ3n) is 6.42. The number of rotatable bonds is 8. The van der Waals surface area contributed by atoms with Gasteiger partial charge in [-0.15, -0.1) is 0 Å². The van der Waals surface area contributed by atoms with E-state index in [9.17, 15) is 13.5 Å². The van der Waals surface area contributed by atoms with E-state index < -0.39 is 10.0 Å². The molecular weight excluding hydrogens is 472 g/mol. The lowest BCUT2D eigenvalue weighted by Gasteiger charge is -2.47. The van der Waals surface area contributed by atoms with Gasteiger partial charge in [0, 0.05) is 42.7 Å². The minimum Gasteiger partial charge on any atom is -0.481 e. The molecule has 3 aromatic rings. The summed E-state index contributed by atoms with van der Waals surface area (Å²) in [6.07, 6.45) is 6.92. The third kappa shape index (κ3) is 4.92. The number of nitrogens with one attached hydrogen (secondary N) is 3. The Balaban J connectivity index is 1.33. The quantitative estimate of drug-likeness (QED) is 0.360. The molecule has 12 nitrogen and oxygen atoms in total. The first-order valence-electron chi connectivity index (χ1n) is 11.5. The second kappa shape index (κ2) is 9.76. The Morgan fingerprint density at radius 3 is 2.66 bits per heavy atom. The van der Waals surface area contributed by atoms with E-state index >= 15 is 0 Å². The molecule has 2 aliphatic rings. The van der Waals surface area contributed by atoms with Crippen molar-refractivity contribution in [3.05, 3.63) is 42.4 Å². The summed E-state index contributed by atoms with van der Waals surface area (Å²) >= 11 is 0. The molecule has 3 aromatic heterocycles. The number of H-pyrrole nitrogens is 1. The van der Waals surface area contributed by atoms with Crippen LogP contribution in [0.3, 0.4) is 0 Å². The van der Waals surface area contributed by atoms with Crippen LogP contribution in [0.15, 0.2) is 41.6 Å². The normalized spacial score (nSPS) is 22.5. The van der Waals surface area contributed by atoms with Crippen molar-refractivity contribution in [3.8, 4) is 5.88 Å². The molecule has 0 spiro atoms. The van der Waals surface area contributed by atoms with E-state index in [1.165, 1.54) is 13.3 Å². The lowest BCUT2D eigenvalue weighted by molar-refractivity contribution is 0.115. The third-order valence-corrected chi connectivity index (χ3v) is 8.41. The van der Waals surface area contributed by atoms with Gasteiger partial charge >= 0.3 is 0 Å². The number of pyridine rings is 1. The summed E-state index contributed by atoms with van der Waals surface area (Å²) < 4.78 is 33.8. The number of anilines is 3. The predicted molar refractivity (Wildman–Crippen MR) is 128 cm³/mol. The second-order valence-electron chi connectivity index (χ2n) is 8.76. The molecule has 186 valence electrons. The minimum absolute atomic E-state index is 0.0111. The molecule has 2 saturated heterocycles. The fourth-order valence-corrected chi connectivity index (χ4v) is 6.80. The number of nitrogens with zero attached hydrogens (tertiary/aromatic N) is 5. The summed E-state index contributed by atoms with van der Waals surface area (Å²) in [6.45, 7) is -0.147. The molecular formula is C22H28N8O4S. The molecule has 4 N–H and O–H groups in total. The summed E-state index contributed by atoms with van der Waals surface area (Å²) in [5.74, 6) is 1.74. The number of aliphatic hydroxyl groups is 1. The van der Waals surface area contributed by atoms with Gasteiger partial charge in [0.15, 0.2) is 5.82 Å². The molecule has 2 aliphatic heterocycles. The predicted octanol–water partition coefficient (Wildman–Crippen LogP) is 2.03. The van der Waals surface area contributed by atoms with E-state index in [-0.39, 0.29) is 29.6 Å². The highest BCUT2D eigenvalue weighted by Gasteiger charge is 2.45. The molecule has 35 heavy (non-hydrogen) atoms. The average Bonchev–Trinajstić information content (AvgIpc) is 3.31. The fourth-order valence-electron chi connectivity index (χ4n) is 4.95. The lowest BCUT2D eigenvalue weighted by Crippen LogP contribution is -2.57. The summed E-state index contributed by atoms with van der Waals surface area (Å²) in [6, 6.07) is 6.39. The summed E-state index contributed by atoms with van der Waals surface area (Å²) in [5, 5.41) is 22.5. The first-order valence-corrected chi connectivity index (χ1v) is 13.0. The van der Waals surface area contributed by atoms with Crippen molar-refractivity contribution >= 4 is 27.6 Å². The van der Waals surface area contributed by atoms with Gasteiger partial charge in [0.25, 0.3) is 0 Å². The second-order valence-corrected chi connectivity index (χ2v) is 10.6. The van der Waals surface area contributed by atoms with Gasteiger partial charge in [0.1, 0.15) is 10.7 Å². The topological polar surface area (TPSA) is 158 Å². The number of fused-ring (bicyclic) bond motifs is 2. The highest BCUT2D eigenvalue weighted by atomic mass is 32.2. The van der Waals surface area contributed by atoms with Crippen LogP contribution >= 0.6 is 0 Å². The Kier molecular flexibility index (Phi) is 6.54. The summed E-state index contributed by atoms with van der Waals surface area (Å²) in [4.78, 5) is 13.2. The smallest absolute Gasteiger partial charge is 0.245 e. The van der Waals surface area contributed by atoms with Gasteiger partial charge in [0.05, 0.1) is 19.4 Å². The van der Waals surface area contributed by atoms with Crippen molar-refractivity contribution in [2.24, 2.45) is 0 Å². The van der Waals surface area contributed by atoms with E-state index in [1.807, 2.05) is 0 Å². The molecule has 0 saturated carbocycles. The zero-order valence-electron chi connectivity index (χ0n) is 19.3. The number of piperidine rings is 2. The summed E-state index contributed by atoms with van der Waals surface area (Å²) in [5.41, 5.74) is 0.575. The van der Waals surface area contributed by atoms with E-state index in [0.717, 1.165) is 19.3 Å². The summed E-state index contributed by atoms with van der Waals surface area (Å²) in [7, 11) is -2.09. The Hall–Kier alpha value is -3.29. The molecule has 13 heteroatoms. The molecule has 0 unspecified atom stereocenters. The minimum atomic E-state index is -3.62. The molecule has 3 atom stereocenters. The SMILES string of the molecule is COc1cc(Nc2cc(CO)[nH]n2)nc(N[C@@H]2C[C@H]3CCC[C@@H](C2)N3S(=O)(=O)c2cccnc2)n1. The molecule has 0 amide bonds. The Labute approximate surface area is 203 Å². The van der Waals surface area contributed by atoms with E-state index in [2.05, 4.69) is 35.8 Å². The van der Waals surface area contributed by atoms with Crippen molar-refractivity contribution in [2.75, 3.05) is 17.7 Å². The molecule has 2 bridgehead atoms. The molecule has 0 aromatic carbocycles. The number of methoxy groups -OCH3 is 1. The maximum atomic E-state index is 13.4. The van der Waals surface area contributed by atoms with Gasteiger partial charge in [-0.25, -0.2) is 8.42 Å². The van der Waals surface area contributed by atoms with Gasteiger partial charge in [0.2, 0.25) is 21.9 Å². The molecule has 0 radical (unpaired) electrons. The number of sulfonamides is 1. The van der Waals surface area contributed by atoms with Crippen molar-refractivity contribution < 1.29 is 18.3 Å². The van der Waals surface area contributed by atoms with Crippen molar-refractivity contribution in [2.45, 2.75) is 61.7 Å². The van der Waals surface area contributed by atoms with Crippen LogP contribution in [0.1, 0.15) is 37.8 Å². The van der Waals surface area contributed by atoms with E-state index in [1.54, 1.807) is 34.8 Å². The first kappa shape index (κ1) is 23.5. The van der Waals surface area contributed by atoms with E-state index in [4.69, 9.17) is 4.74 Å². The maximum Gasteiger partial charge on any atom is 0.245 e. The first-order chi connectivity index (χ1) is 17.0. The molecule has 0 aliphatic carbocycles. The lowest BCUT2D eigenvalue weighted by atomic mass is 9.84. The average molecular weight is 501 g/mol. The van der Waals surface area contributed by atoms with Crippen LogP contribution < -0.4 is 15.4 Å². The maximum absolute atomic E-state index is 13.4. The molecule has 2 fully saturated rings. The van der Waals surface area contributed by atoms with Gasteiger partial charge in [-0.2, -0.15) is 19.4 Å². The van der Waals surface area contributed by atoms with Gasteiger partial charge in [-0.05, 0) is 37.8 Å². The van der Waals surface area contributed by atoms with Crippen molar-refractivity contribution in [3.63, 3.8) is 0 Å². The number of ether oxygens (including phenoxy) is 1. The molecule has 5 rings (SSSR count). The van der Waals surface area contributed by atoms with Gasteiger partial charge in [-0.3, -0.25) is 10.1 Å². The highest BCUT2D eigenvalue weighted by Crippen LogP contribution is 2.39. The van der Waals surface area contributed by atoms with Crippen molar-refractivity contribution in [1.82, 2.24) is 29.5 Å². The number of hydrogen-bond donors (Lipinski definition) is 4. The van der Waals surface area contributed by atoms with Crippen LogP contribution in [0.5, 0.6) is 5.88 Å². The fraction of sp³-hybridized carbons (Fsp3) is 0.455. The van der Waals surface area contributed by atoms with Gasteiger partial charge < -0.3 is 20.5 Å². The van der Waals surface area contributed by atoms with Gasteiger partial charge in [-0.1, -0.05) is 6.42 Å². The van der Waals surface area contributed by atoms with Crippen LogP contribution in [-0.4, -0.2) is 68.2 Å². The number of aromatic amines is 1. The standard InChI is InChI=1S/C22H28N8O4S/c1-34-21-11-19(25-20-10-15(13-31)28-29-20)26-22(27-21)24-14-8-16-4-2-5-17(9-14)30(16)35(32,33)18-6-3-7-23-12-18/h3,6-7,10-12,14,16-17,31H,2,4-5,8-9,13H2,1H3,(H3,24,25,26,27,28,29)/t14-,16-,17+. The van der Waals surface area contributed by atoms with E-state index in [0.29, 0.717) is 42.0 Å². The van der Waals surface area contributed by atoms with Crippen LogP contribution in [0.25, 0.3) is 0 Å². The molecule has 5 heterocycles. The largest absolute Gasteiger partial charge is 0.481 e. The highest BCUT2D eigenvalue weighted by molar-refractivity contribution is 7.89. The van der Waals surface area contributed by atoms with Crippen LogP contribution in [0.4, 0.5) is 17.6 Å². The van der Waals surface area contributed by atoms with Crippen LogP contribution in [0, 0.1) is 0 Å². The van der Waals surface area contributed by atoms with Crippen LogP contribution in [-0.2, 0) is 16.6 Å². The Morgan fingerprint density at radius 1 is 1.20 bits per heavy atom. The van der Waals surface area contributed by atoms with Crippen molar-refractivity contribution in [1.29, 1.82) is 0 Å². The Bertz CT molecular complexity index is 1260. The number of aromatic nitrogens is 5. The number of aliphatic hydroxyl groups excluding tert-OH is 1. The number of hydrogen-bond acceptors (Lipinski definition) is 10.